The first-order chi connectivity index (χ1) is 8.72. The van der Waals surface area contributed by atoms with Gasteiger partial charge in [0.25, 0.3) is 0 Å². The van der Waals surface area contributed by atoms with Gasteiger partial charge < -0.3 is 14.3 Å². The molecule has 0 saturated carbocycles. The highest BCUT2D eigenvalue weighted by atomic mass is 16.6. The highest BCUT2D eigenvalue weighted by Crippen LogP contribution is 2.06. The summed E-state index contributed by atoms with van der Waals surface area (Å²) in [5.41, 5.74) is 1.06. The van der Waals surface area contributed by atoms with E-state index in [9.17, 15) is 9.59 Å². The van der Waals surface area contributed by atoms with Crippen molar-refractivity contribution < 1.29 is 19.1 Å². The van der Waals surface area contributed by atoms with Gasteiger partial charge in [0.1, 0.15) is 12.4 Å². The van der Waals surface area contributed by atoms with E-state index in [2.05, 4.69) is 0 Å². The van der Waals surface area contributed by atoms with Gasteiger partial charge in [-0.1, -0.05) is 30.3 Å². The van der Waals surface area contributed by atoms with Crippen LogP contribution in [0.3, 0.4) is 0 Å². The first-order valence-corrected chi connectivity index (χ1v) is 5.95. The predicted molar refractivity (Wildman–Crippen MR) is 67.0 cm³/mol. The second kappa shape index (κ2) is 8.42. The van der Waals surface area contributed by atoms with Crippen molar-refractivity contribution in [1.29, 1.82) is 0 Å². The summed E-state index contributed by atoms with van der Waals surface area (Å²) in [7, 11) is 0. The van der Waals surface area contributed by atoms with Gasteiger partial charge in [-0.25, -0.2) is 0 Å². The van der Waals surface area contributed by atoms with Gasteiger partial charge in [0, 0.05) is 13.3 Å². The smallest absolute Gasteiger partial charge is 0.302 e. The Morgan fingerprint density at radius 3 is 2.67 bits per heavy atom. The molecule has 0 aliphatic heterocycles. The fourth-order valence-electron chi connectivity index (χ4n) is 1.55. The lowest BCUT2D eigenvalue weighted by molar-refractivity contribution is -0.150. The summed E-state index contributed by atoms with van der Waals surface area (Å²) >= 11 is 0. The van der Waals surface area contributed by atoms with Crippen molar-refractivity contribution in [2.24, 2.45) is 0 Å². The van der Waals surface area contributed by atoms with Crippen LogP contribution in [0.4, 0.5) is 0 Å². The summed E-state index contributed by atoms with van der Waals surface area (Å²) in [4.78, 5) is 21.2. The monoisotopic (exact) mass is 250 g/mol. The Kier molecular flexibility index (Phi) is 6.72. The Morgan fingerprint density at radius 1 is 1.33 bits per heavy atom. The Hall–Kier alpha value is -1.68. The quantitative estimate of drug-likeness (QED) is 0.524. The molecule has 4 nitrogen and oxygen atoms in total. The lowest BCUT2D eigenvalue weighted by Gasteiger charge is -2.16. The van der Waals surface area contributed by atoms with Gasteiger partial charge in [-0.3, -0.25) is 4.79 Å². The van der Waals surface area contributed by atoms with Gasteiger partial charge in [0.05, 0.1) is 13.2 Å². The SMILES string of the molecule is CC(=O)OC(CCC=O)COCc1ccccc1. The molecular formula is C14H18O4. The summed E-state index contributed by atoms with van der Waals surface area (Å²) in [6.07, 6.45) is 1.33. The molecule has 0 radical (unpaired) electrons. The molecule has 0 heterocycles. The third-order valence-electron chi connectivity index (χ3n) is 2.35. The van der Waals surface area contributed by atoms with E-state index in [1.165, 1.54) is 6.92 Å². The fraction of sp³-hybridized carbons (Fsp3) is 0.429. The second-order valence-corrected chi connectivity index (χ2v) is 3.98. The molecule has 0 amide bonds. The summed E-state index contributed by atoms with van der Waals surface area (Å²) < 4.78 is 10.6. The van der Waals surface area contributed by atoms with Crippen LogP contribution < -0.4 is 0 Å². The Balaban J connectivity index is 2.32. The van der Waals surface area contributed by atoms with Crippen molar-refractivity contribution >= 4 is 12.3 Å². The molecular weight excluding hydrogens is 232 g/mol. The minimum absolute atomic E-state index is 0.308. The van der Waals surface area contributed by atoms with Crippen LogP contribution >= 0.6 is 0 Å². The van der Waals surface area contributed by atoms with Gasteiger partial charge in [-0.2, -0.15) is 0 Å². The first-order valence-electron chi connectivity index (χ1n) is 5.95. The molecule has 18 heavy (non-hydrogen) atoms. The van der Waals surface area contributed by atoms with E-state index in [1.807, 2.05) is 30.3 Å². The maximum Gasteiger partial charge on any atom is 0.302 e. The number of benzene rings is 1. The van der Waals surface area contributed by atoms with E-state index in [4.69, 9.17) is 9.47 Å². The summed E-state index contributed by atoms with van der Waals surface area (Å²) in [5, 5.41) is 0. The zero-order valence-corrected chi connectivity index (χ0v) is 10.5. The molecule has 0 fully saturated rings. The van der Waals surface area contributed by atoms with E-state index in [0.29, 0.717) is 26.1 Å². The van der Waals surface area contributed by atoms with Gasteiger partial charge in [-0.05, 0) is 12.0 Å². The minimum Gasteiger partial charge on any atom is -0.460 e. The normalized spacial score (nSPS) is 11.8. The van der Waals surface area contributed by atoms with Crippen molar-refractivity contribution in [3.05, 3.63) is 35.9 Å². The van der Waals surface area contributed by atoms with Gasteiger partial charge in [0.15, 0.2) is 0 Å². The lowest BCUT2D eigenvalue weighted by atomic mass is 10.2. The molecule has 0 saturated heterocycles. The molecule has 0 N–H and O–H groups in total. The van der Waals surface area contributed by atoms with Gasteiger partial charge in [0.2, 0.25) is 0 Å². The largest absolute Gasteiger partial charge is 0.460 e. The van der Waals surface area contributed by atoms with Crippen LogP contribution in [0.15, 0.2) is 30.3 Å². The molecule has 0 aliphatic carbocycles. The highest BCUT2D eigenvalue weighted by molar-refractivity contribution is 5.66. The number of carbonyl (C=O) groups is 2. The lowest BCUT2D eigenvalue weighted by Crippen LogP contribution is -2.22. The Morgan fingerprint density at radius 2 is 2.06 bits per heavy atom. The molecule has 1 atom stereocenters. The van der Waals surface area contributed by atoms with Crippen molar-refractivity contribution in [2.45, 2.75) is 32.5 Å². The van der Waals surface area contributed by atoms with Crippen LogP contribution in [0.2, 0.25) is 0 Å². The Bertz CT molecular complexity index is 361. The van der Waals surface area contributed by atoms with Gasteiger partial charge in [-0.15, -0.1) is 0 Å². The third kappa shape index (κ3) is 6.15. The molecule has 0 aromatic heterocycles. The van der Waals surface area contributed by atoms with Crippen molar-refractivity contribution in [2.75, 3.05) is 6.61 Å². The molecule has 1 aromatic rings. The summed E-state index contributed by atoms with van der Waals surface area (Å²) in [6, 6.07) is 9.75. The number of hydrogen-bond donors (Lipinski definition) is 0. The topological polar surface area (TPSA) is 52.6 Å². The fourth-order valence-corrected chi connectivity index (χ4v) is 1.55. The van der Waals surface area contributed by atoms with Crippen LogP contribution in [0.5, 0.6) is 0 Å². The average molecular weight is 250 g/mol. The van der Waals surface area contributed by atoms with Crippen molar-refractivity contribution in [3.63, 3.8) is 0 Å². The average Bonchev–Trinajstić information content (AvgIpc) is 2.36. The zero-order valence-electron chi connectivity index (χ0n) is 10.5. The van der Waals surface area contributed by atoms with E-state index in [-0.39, 0.29) is 12.1 Å². The maximum atomic E-state index is 10.9. The summed E-state index contributed by atoms with van der Waals surface area (Å²) in [6.45, 7) is 2.13. The second-order valence-electron chi connectivity index (χ2n) is 3.98. The number of rotatable bonds is 8. The molecule has 1 unspecified atom stereocenters. The van der Waals surface area contributed by atoms with E-state index in [0.717, 1.165) is 11.8 Å². The van der Waals surface area contributed by atoms with Crippen LogP contribution in [0.25, 0.3) is 0 Å². The highest BCUT2D eigenvalue weighted by Gasteiger charge is 2.11. The standard InChI is InChI=1S/C14H18O4/c1-12(16)18-14(8-5-9-15)11-17-10-13-6-3-2-4-7-13/h2-4,6-7,9,14H,5,8,10-11H2,1H3. The molecule has 0 bridgehead atoms. The minimum atomic E-state index is -0.353. The van der Waals surface area contributed by atoms with E-state index < -0.39 is 0 Å². The predicted octanol–water partition coefficient (Wildman–Crippen LogP) is 2.11. The number of ether oxygens (including phenoxy) is 2. The third-order valence-corrected chi connectivity index (χ3v) is 2.35. The molecule has 4 heteroatoms. The maximum absolute atomic E-state index is 10.9. The van der Waals surface area contributed by atoms with Gasteiger partial charge >= 0.3 is 5.97 Å². The van der Waals surface area contributed by atoms with E-state index in [1.54, 1.807) is 0 Å². The van der Waals surface area contributed by atoms with Crippen LogP contribution in [0.1, 0.15) is 25.3 Å². The van der Waals surface area contributed by atoms with Crippen molar-refractivity contribution in [1.82, 2.24) is 0 Å². The molecule has 1 rings (SSSR count). The first kappa shape index (κ1) is 14.4. The molecule has 0 spiro atoms. The number of carbonyl (C=O) groups excluding carboxylic acids is 2. The van der Waals surface area contributed by atoms with Crippen molar-refractivity contribution in [3.8, 4) is 0 Å². The number of hydrogen-bond acceptors (Lipinski definition) is 4. The Labute approximate surface area is 107 Å². The number of esters is 1. The van der Waals surface area contributed by atoms with Crippen LogP contribution in [-0.4, -0.2) is 25.0 Å². The molecule has 98 valence electrons. The molecule has 0 aliphatic rings. The van der Waals surface area contributed by atoms with E-state index >= 15 is 0 Å². The summed E-state index contributed by atoms with van der Waals surface area (Å²) in [5.74, 6) is -0.353. The number of aldehydes is 1. The molecule has 1 aromatic carbocycles. The zero-order chi connectivity index (χ0) is 13.2. The van der Waals surface area contributed by atoms with Crippen LogP contribution in [-0.2, 0) is 25.7 Å². The van der Waals surface area contributed by atoms with Crippen LogP contribution in [0, 0.1) is 0 Å².